The first-order valence-corrected chi connectivity index (χ1v) is 5.86. The van der Waals surface area contributed by atoms with Crippen molar-refractivity contribution in [3.63, 3.8) is 0 Å². The van der Waals surface area contributed by atoms with Gasteiger partial charge in [0.05, 0.1) is 6.54 Å². The summed E-state index contributed by atoms with van der Waals surface area (Å²) < 4.78 is 6.50. The smallest absolute Gasteiger partial charge is 0.129 e. The standard InChI is InChI=1S/C10H16BrNO2/c1-10(13)7-12(6-8(10)11)9-4-2-3-5-14-9/h6,9,13H,2-5,7H2,1H3/t9?,10-/m1/s1. The van der Waals surface area contributed by atoms with Crippen LogP contribution in [0.3, 0.4) is 0 Å². The van der Waals surface area contributed by atoms with E-state index in [4.69, 9.17) is 4.74 Å². The third-order valence-electron chi connectivity index (χ3n) is 2.81. The first kappa shape index (κ1) is 10.5. The molecule has 1 saturated heterocycles. The van der Waals surface area contributed by atoms with Crippen LogP contribution in [0.25, 0.3) is 0 Å². The van der Waals surface area contributed by atoms with Crippen LogP contribution in [0.4, 0.5) is 0 Å². The van der Waals surface area contributed by atoms with Crippen molar-refractivity contribution in [1.29, 1.82) is 0 Å². The van der Waals surface area contributed by atoms with Crippen LogP contribution in [0.5, 0.6) is 0 Å². The van der Waals surface area contributed by atoms with Gasteiger partial charge in [0, 0.05) is 17.3 Å². The zero-order chi connectivity index (χ0) is 10.2. The van der Waals surface area contributed by atoms with Gasteiger partial charge in [0.15, 0.2) is 0 Å². The molecule has 0 amide bonds. The van der Waals surface area contributed by atoms with Gasteiger partial charge in [-0.3, -0.25) is 0 Å². The number of aliphatic hydroxyl groups is 1. The van der Waals surface area contributed by atoms with Crippen molar-refractivity contribution in [2.75, 3.05) is 13.2 Å². The molecule has 1 N–H and O–H groups in total. The number of ether oxygens (including phenoxy) is 1. The Morgan fingerprint density at radius 2 is 2.43 bits per heavy atom. The molecule has 2 aliphatic heterocycles. The highest BCUT2D eigenvalue weighted by Gasteiger charge is 2.36. The maximum atomic E-state index is 9.95. The zero-order valence-electron chi connectivity index (χ0n) is 8.37. The van der Waals surface area contributed by atoms with Crippen LogP contribution in [0, 0.1) is 0 Å². The van der Waals surface area contributed by atoms with Crippen molar-refractivity contribution in [3.8, 4) is 0 Å². The Hall–Kier alpha value is -0.0600. The Bertz CT molecular complexity index is 247. The van der Waals surface area contributed by atoms with Gasteiger partial charge < -0.3 is 14.7 Å². The van der Waals surface area contributed by atoms with Crippen LogP contribution < -0.4 is 0 Å². The molecule has 0 saturated carbocycles. The number of hydrogen-bond donors (Lipinski definition) is 1. The molecule has 2 aliphatic rings. The molecule has 2 heterocycles. The van der Waals surface area contributed by atoms with Gasteiger partial charge in [0.2, 0.25) is 0 Å². The molecule has 14 heavy (non-hydrogen) atoms. The summed E-state index contributed by atoms with van der Waals surface area (Å²) in [6.45, 7) is 3.28. The molecule has 2 rings (SSSR count). The van der Waals surface area contributed by atoms with Gasteiger partial charge in [-0.2, -0.15) is 0 Å². The Morgan fingerprint density at radius 1 is 1.64 bits per heavy atom. The summed E-state index contributed by atoms with van der Waals surface area (Å²) in [7, 11) is 0. The minimum Gasteiger partial charge on any atom is -0.383 e. The highest BCUT2D eigenvalue weighted by molar-refractivity contribution is 9.11. The molecule has 1 unspecified atom stereocenters. The average Bonchev–Trinajstić information content (AvgIpc) is 2.43. The predicted molar refractivity (Wildman–Crippen MR) is 57.9 cm³/mol. The van der Waals surface area contributed by atoms with Crippen molar-refractivity contribution in [2.45, 2.75) is 38.0 Å². The number of hydrogen-bond acceptors (Lipinski definition) is 3. The Balaban J connectivity index is 2.01. The van der Waals surface area contributed by atoms with Gasteiger partial charge in [-0.05, 0) is 26.2 Å². The monoisotopic (exact) mass is 261 g/mol. The Morgan fingerprint density at radius 3 is 2.93 bits per heavy atom. The highest BCUT2D eigenvalue weighted by atomic mass is 79.9. The normalized spacial score (nSPS) is 38.6. The molecule has 0 aromatic rings. The lowest BCUT2D eigenvalue weighted by atomic mass is 10.1. The number of nitrogens with zero attached hydrogens (tertiary/aromatic N) is 1. The van der Waals surface area contributed by atoms with Crippen molar-refractivity contribution < 1.29 is 9.84 Å². The second-order valence-corrected chi connectivity index (χ2v) is 5.10. The van der Waals surface area contributed by atoms with Gasteiger partial charge in [-0.15, -0.1) is 0 Å². The molecule has 0 aromatic heterocycles. The fourth-order valence-corrected chi connectivity index (χ4v) is 2.32. The average molecular weight is 262 g/mol. The van der Waals surface area contributed by atoms with E-state index in [2.05, 4.69) is 20.8 Å². The van der Waals surface area contributed by atoms with Gasteiger partial charge >= 0.3 is 0 Å². The molecule has 0 radical (unpaired) electrons. The minimum absolute atomic E-state index is 0.158. The summed E-state index contributed by atoms with van der Waals surface area (Å²) in [6, 6.07) is 0. The minimum atomic E-state index is -0.749. The maximum Gasteiger partial charge on any atom is 0.129 e. The molecule has 80 valence electrons. The molecule has 1 fully saturated rings. The van der Waals surface area contributed by atoms with E-state index in [1.807, 2.05) is 13.1 Å². The molecular formula is C10H16BrNO2. The first-order chi connectivity index (χ1) is 6.59. The summed E-state index contributed by atoms with van der Waals surface area (Å²) in [6.07, 6.45) is 5.55. The Labute approximate surface area is 92.9 Å². The van der Waals surface area contributed by atoms with Gasteiger partial charge in [-0.25, -0.2) is 0 Å². The number of halogens is 1. The molecule has 2 atom stereocenters. The van der Waals surface area contributed by atoms with Crippen LogP contribution in [0.15, 0.2) is 10.7 Å². The van der Waals surface area contributed by atoms with Crippen LogP contribution in [0.2, 0.25) is 0 Å². The van der Waals surface area contributed by atoms with Crippen molar-refractivity contribution in [2.24, 2.45) is 0 Å². The van der Waals surface area contributed by atoms with Crippen molar-refractivity contribution >= 4 is 15.9 Å². The first-order valence-electron chi connectivity index (χ1n) is 5.07. The molecule has 4 heteroatoms. The van der Waals surface area contributed by atoms with Crippen LogP contribution in [0.1, 0.15) is 26.2 Å². The molecule has 3 nitrogen and oxygen atoms in total. The van der Waals surface area contributed by atoms with E-state index < -0.39 is 5.60 Å². The van der Waals surface area contributed by atoms with E-state index in [9.17, 15) is 5.11 Å². The summed E-state index contributed by atoms with van der Waals surface area (Å²) in [4.78, 5) is 2.09. The Kier molecular flexibility index (Phi) is 2.86. The second-order valence-electron chi connectivity index (χ2n) is 4.24. The summed E-state index contributed by atoms with van der Waals surface area (Å²) in [5.74, 6) is 0. The second kappa shape index (κ2) is 3.83. The van der Waals surface area contributed by atoms with E-state index in [1.165, 1.54) is 6.42 Å². The third-order valence-corrected chi connectivity index (χ3v) is 3.87. The summed E-state index contributed by atoms with van der Waals surface area (Å²) >= 11 is 3.38. The van der Waals surface area contributed by atoms with Gasteiger partial charge in [0.1, 0.15) is 11.8 Å². The zero-order valence-corrected chi connectivity index (χ0v) is 9.96. The SMILES string of the molecule is C[C@@]1(O)CN(C2CCCCO2)C=C1Br. The predicted octanol–water partition coefficient (Wildman–Crippen LogP) is 1.82. The summed E-state index contributed by atoms with van der Waals surface area (Å²) in [5, 5.41) is 9.95. The van der Waals surface area contributed by atoms with E-state index >= 15 is 0 Å². The summed E-state index contributed by atoms with van der Waals surface area (Å²) in [5.41, 5.74) is -0.749. The van der Waals surface area contributed by atoms with Crippen LogP contribution in [-0.2, 0) is 4.74 Å². The van der Waals surface area contributed by atoms with E-state index in [-0.39, 0.29) is 6.23 Å². The lowest BCUT2D eigenvalue weighted by Gasteiger charge is -2.32. The molecule has 0 aliphatic carbocycles. The molecule has 0 bridgehead atoms. The van der Waals surface area contributed by atoms with Crippen molar-refractivity contribution in [1.82, 2.24) is 4.90 Å². The molecular weight excluding hydrogens is 246 g/mol. The van der Waals surface area contributed by atoms with E-state index in [0.717, 1.165) is 23.9 Å². The fraction of sp³-hybridized carbons (Fsp3) is 0.800. The quantitative estimate of drug-likeness (QED) is 0.782. The highest BCUT2D eigenvalue weighted by Crippen LogP contribution is 2.33. The van der Waals surface area contributed by atoms with E-state index in [0.29, 0.717) is 6.54 Å². The van der Waals surface area contributed by atoms with Crippen molar-refractivity contribution in [3.05, 3.63) is 10.7 Å². The lowest BCUT2D eigenvalue weighted by molar-refractivity contribution is -0.0750. The van der Waals surface area contributed by atoms with Crippen LogP contribution in [-0.4, -0.2) is 35.0 Å². The number of β-amino-alcohol motifs (C(OH)–C–C–N with tert-alkyl or cyclic N) is 1. The van der Waals surface area contributed by atoms with Gasteiger partial charge in [0.25, 0.3) is 0 Å². The maximum absolute atomic E-state index is 9.95. The lowest BCUT2D eigenvalue weighted by Crippen LogP contribution is -2.40. The topological polar surface area (TPSA) is 32.7 Å². The number of rotatable bonds is 1. The van der Waals surface area contributed by atoms with E-state index in [1.54, 1.807) is 0 Å². The fourth-order valence-electron chi connectivity index (χ4n) is 1.93. The van der Waals surface area contributed by atoms with Gasteiger partial charge in [-0.1, -0.05) is 15.9 Å². The third kappa shape index (κ3) is 1.97. The molecule has 0 aromatic carbocycles. The van der Waals surface area contributed by atoms with Crippen LogP contribution >= 0.6 is 15.9 Å². The largest absolute Gasteiger partial charge is 0.383 e. The molecule has 0 spiro atoms.